The highest BCUT2D eigenvalue weighted by Crippen LogP contribution is 2.29. The summed E-state index contributed by atoms with van der Waals surface area (Å²) in [6, 6.07) is 6.33. The Morgan fingerprint density at radius 1 is 1.29 bits per heavy atom. The van der Waals surface area contributed by atoms with Crippen LogP contribution in [-0.2, 0) is 12.8 Å². The van der Waals surface area contributed by atoms with Crippen LogP contribution in [-0.4, -0.2) is 30.4 Å². The lowest BCUT2D eigenvalue weighted by atomic mass is 9.85. The maximum Gasteiger partial charge on any atom is 0.122 e. The first-order valence-electron chi connectivity index (χ1n) is 6.43. The van der Waals surface area contributed by atoms with Crippen molar-refractivity contribution in [1.29, 1.82) is 0 Å². The highest BCUT2D eigenvalue weighted by Gasteiger charge is 2.29. The lowest BCUT2D eigenvalue weighted by Gasteiger charge is -2.32. The third kappa shape index (κ3) is 2.31. The summed E-state index contributed by atoms with van der Waals surface area (Å²) >= 11 is 0. The van der Waals surface area contributed by atoms with E-state index < -0.39 is 5.60 Å². The van der Waals surface area contributed by atoms with Gasteiger partial charge < -0.3 is 15.2 Å². The van der Waals surface area contributed by atoms with Crippen molar-refractivity contribution in [1.82, 2.24) is 5.32 Å². The third-order valence-corrected chi connectivity index (χ3v) is 3.82. The molecular formula is C14H19NO2. The fourth-order valence-corrected chi connectivity index (χ4v) is 2.80. The highest BCUT2D eigenvalue weighted by atomic mass is 16.5. The van der Waals surface area contributed by atoms with Gasteiger partial charge >= 0.3 is 0 Å². The van der Waals surface area contributed by atoms with Gasteiger partial charge in [-0.1, -0.05) is 12.1 Å². The number of hydrogen-bond acceptors (Lipinski definition) is 3. The van der Waals surface area contributed by atoms with Gasteiger partial charge in [-0.25, -0.2) is 0 Å². The molecule has 0 radical (unpaired) electrons. The summed E-state index contributed by atoms with van der Waals surface area (Å²) in [6.45, 7) is 2.64. The first-order valence-corrected chi connectivity index (χ1v) is 6.43. The van der Waals surface area contributed by atoms with Gasteiger partial charge in [0.1, 0.15) is 5.75 Å². The summed E-state index contributed by atoms with van der Waals surface area (Å²) < 4.78 is 5.50. The van der Waals surface area contributed by atoms with Crippen molar-refractivity contribution in [3.05, 3.63) is 29.3 Å². The number of aliphatic hydroxyl groups is 1. The molecule has 3 rings (SSSR count). The maximum absolute atomic E-state index is 10.5. The molecule has 17 heavy (non-hydrogen) atoms. The monoisotopic (exact) mass is 233 g/mol. The first kappa shape index (κ1) is 11.1. The first-order chi connectivity index (χ1) is 8.25. The second-order valence-electron chi connectivity index (χ2n) is 5.19. The molecular weight excluding hydrogens is 214 g/mol. The minimum atomic E-state index is -0.515. The van der Waals surface area contributed by atoms with Gasteiger partial charge in [-0.3, -0.25) is 0 Å². The Hall–Kier alpha value is -1.06. The number of hydrogen-bond donors (Lipinski definition) is 2. The van der Waals surface area contributed by atoms with Crippen LogP contribution in [0.2, 0.25) is 0 Å². The Bertz CT molecular complexity index is 411. The summed E-state index contributed by atoms with van der Waals surface area (Å²) in [4.78, 5) is 0. The molecule has 0 amide bonds. The molecule has 2 aliphatic heterocycles. The molecule has 0 aromatic heterocycles. The normalized spacial score (nSPS) is 21.9. The van der Waals surface area contributed by atoms with Crippen LogP contribution in [0, 0.1) is 0 Å². The minimum absolute atomic E-state index is 0.515. The average molecular weight is 233 g/mol. The summed E-state index contributed by atoms with van der Waals surface area (Å²) in [6.07, 6.45) is 3.46. The molecule has 3 heteroatoms. The van der Waals surface area contributed by atoms with Gasteiger partial charge in [0.15, 0.2) is 0 Å². The van der Waals surface area contributed by atoms with Crippen LogP contribution in [0.25, 0.3) is 0 Å². The van der Waals surface area contributed by atoms with Crippen LogP contribution in [0.3, 0.4) is 0 Å². The molecule has 2 N–H and O–H groups in total. The second-order valence-corrected chi connectivity index (χ2v) is 5.19. The number of piperidine rings is 1. The molecule has 0 saturated carbocycles. The maximum atomic E-state index is 10.5. The molecule has 92 valence electrons. The van der Waals surface area contributed by atoms with Gasteiger partial charge in [0.2, 0.25) is 0 Å². The molecule has 0 aliphatic carbocycles. The van der Waals surface area contributed by atoms with E-state index in [1.807, 2.05) is 6.07 Å². The largest absolute Gasteiger partial charge is 0.493 e. The third-order valence-electron chi connectivity index (χ3n) is 3.82. The van der Waals surface area contributed by atoms with E-state index in [1.165, 1.54) is 11.1 Å². The molecule has 2 aliphatic rings. The van der Waals surface area contributed by atoms with E-state index >= 15 is 0 Å². The molecule has 1 fully saturated rings. The number of nitrogens with one attached hydrogen (secondary N) is 1. The van der Waals surface area contributed by atoms with Crippen molar-refractivity contribution in [2.75, 3.05) is 19.7 Å². The zero-order valence-corrected chi connectivity index (χ0v) is 10.0. The molecule has 0 spiro atoms. The van der Waals surface area contributed by atoms with E-state index in [2.05, 4.69) is 17.4 Å². The second kappa shape index (κ2) is 4.31. The lowest BCUT2D eigenvalue weighted by Crippen LogP contribution is -2.43. The van der Waals surface area contributed by atoms with Crippen molar-refractivity contribution >= 4 is 0 Å². The fourth-order valence-electron chi connectivity index (χ4n) is 2.80. The van der Waals surface area contributed by atoms with Crippen molar-refractivity contribution in [3.63, 3.8) is 0 Å². The van der Waals surface area contributed by atoms with Crippen molar-refractivity contribution < 1.29 is 9.84 Å². The molecule has 1 aromatic carbocycles. The number of ether oxygens (including phenoxy) is 1. The number of fused-ring (bicyclic) bond motifs is 1. The summed E-state index contributed by atoms with van der Waals surface area (Å²) in [7, 11) is 0. The number of rotatable bonds is 2. The zero-order valence-electron chi connectivity index (χ0n) is 10.0. The SMILES string of the molecule is OC1(Cc2ccc3c(c2)CCO3)CCNCC1. The van der Waals surface area contributed by atoms with E-state index in [-0.39, 0.29) is 0 Å². The standard InChI is InChI=1S/C14H19NO2/c16-14(4-6-15-7-5-14)10-11-1-2-13-12(9-11)3-8-17-13/h1-2,9,15-16H,3-8,10H2. The lowest BCUT2D eigenvalue weighted by molar-refractivity contribution is 0.0108. The smallest absolute Gasteiger partial charge is 0.122 e. The Morgan fingerprint density at radius 2 is 2.12 bits per heavy atom. The molecule has 2 heterocycles. The van der Waals surface area contributed by atoms with E-state index in [9.17, 15) is 5.11 Å². The number of benzene rings is 1. The highest BCUT2D eigenvalue weighted by molar-refractivity contribution is 5.40. The molecule has 0 bridgehead atoms. The van der Waals surface area contributed by atoms with Gasteiger partial charge in [0.25, 0.3) is 0 Å². The molecule has 0 atom stereocenters. The summed E-state index contributed by atoms with van der Waals surface area (Å²) in [5.74, 6) is 1.02. The van der Waals surface area contributed by atoms with Crippen molar-refractivity contribution in [2.24, 2.45) is 0 Å². The predicted octanol–water partition coefficient (Wildman–Crippen LogP) is 1.28. The quantitative estimate of drug-likeness (QED) is 0.808. The summed E-state index contributed by atoms with van der Waals surface area (Å²) in [5, 5.41) is 13.8. The van der Waals surface area contributed by atoms with Crippen LogP contribution >= 0.6 is 0 Å². The van der Waals surface area contributed by atoms with Gasteiger partial charge in [-0.15, -0.1) is 0 Å². The van der Waals surface area contributed by atoms with E-state index in [1.54, 1.807) is 0 Å². The van der Waals surface area contributed by atoms with E-state index in [4.69, 9.17) is 4.74 Å². The van der Waals surface area contributed by atoms with Crippen molar-refractivity contribution in [3.8, 4) is 5.75 Å². The topological polar surface area (TPSA) is 41.5 Å². The van der Waals surface area contributed by atoms with Gasteiger partial charge in [0, 0.05) is 12.8 Å². The predicted molar refractivity (Wildman–Crippen MR) is 66.4 cm³/mol. The Morgan fingerprint density at radius 3 is 2.94 bits per heavy atom. The molecule has 0 unspecified atom stereocenters. The Balaban J connectivity index is 1.76. The van der Waals surface area contributed by atoms with E-state index in [0.717, 1.165) is 51.1 Å². The average Bonchev–Trinajstić information content (AvgIpc) is 2.76. The van der Waals surface area contributed by atoms with E-state index in [0.29, 0.717) is 0 Å². The molecule has 3 nitrogen and oxygen atoms in total. The van der Waals surface area contributed by atoms with Crippen molar-refractivity contribution in [2.45, 2.75) is 31.3 Å². The van der Waals surface area contributed by atoms with Crippen LogP contribution in [0.4, 0.5) is 0 Å². The van der Waals surface area contributed by atoms with Crippen LogP contribution in [0.15, 0.2) is 18.2 Å². The minimum Gasteiger partial charge on any atom is -0.493 e. The van der Waals surface area contributed by atoms with Gasteiger partial charge in [-0.05, 0) is 43.1 Å². The van der Waals surface area contributed by atoms with Gasteiger partial charge in [-0.2, -0.15) is 0 Å². The Labute approximate surface area is 102 Å². The summed E-state index contributed by atoms with van der Waals surface area (Å²) in [5.41, 5.74) is 2.01. The Kier molecular flexibility index (Phi) is 2.81. The van der Waals surface area contributed by atoms with Gasteiger partial charge in [0.05, 0.1) is 12.2 Å². The zero-order chi connectivity index (χ0) is 11.7. The fraction of sp³-hybridized carbons (Fsp3) is 0.571. The molecule has 1 saturated heterocycles. The van der Waals surface area contributed by atoms with Crippen LogP contribution < -0.4 is 10.1 Å². The molecule has 1 aromatic rings. The van der Waals surface area contributed by atoms with Crippen LogP contribution in [0.1, 0.15) is 24.0 Å². The van der Waals surface area contributed by atoms with Crippen LogP contribution in [0.5, 0.6) is 5.75 Å².